The van der Waals surface area contributed by atoms with Crippen molar-refractivity contribution >= 4 is 21.6 Å². The Hall–Kier alpha value is -3.55. The molecule has 0 saturated carbocycles. The Morgan fingerprint density at radius 3 is 2.18 bits per heavy atom. The molecule has 6 nitrogen and oxygen atoms in total. The van der Waals surface area contributed by atoms with E-state index in [4.69, 9.17) is 15.3 Å². The number of benzene rings is 2. The summed E-state index contributed by atoms with van der Waals surface area (Å²) in [6.07, 6.45) is 1.44. The molecule has 1 heterocycles. The molecular weight excluding hydrogens is 420 g/mol. The summed E-state index contributed by atoms with van der Waals surface area (Å²) in [5, 5.41) is 28.1. The first-order valence-electron chi connectivity index (χ1n) is 8.27. The first kappa shape index (κ1) is 19.2. The van der Waals surface area contributed by atoms with Gasteiger partial charge in [-0.15, -0.1) is 0 Å². The minimum Gasteiger partial charge on any atom is -0.455 e. The van der Waals surface area contributed by atoms with Crippen molar-refractivity contribution in [1.29, 1.82) is 10.5 Å². The van der Waals surface area contributed by atoms with Crippen LogP contribution in [-0.4, -0.2) is 9.94 Å². The molecule has 2 aromatic carbocycles. The Balaban J connectivity index is 2.04. The number of rotatable bonds is 3. The molecule has 1 aromatic heterocycles. The van der Waals surface area contributed by atoms with Crippen molar-refractivity contribution in [2.45, 2.75) is 13.8 Å². The molecule has 0 radical (unpaired) electrons. The van der Waals surface area contributed by atoms with Gasteiger partial charge in [0.25, 0.3) is 0 Å². The average molecular weight is 435 g/mol. The van der Waals surface area contributed by atoms with Crippen molar-refractivity contribution in [3.8, 4) is 23.6 Å². The van der Waals surface area contributed by atoms with E-state index < -0.39 is 0 Å². The van der Waals surface area contributed by atoms with Gasteiger partial charge in [-0.25, -0.2) is 4.99 Å². The zero-order valence-corrected chi connectivity index (χ0v) is 16.7. The molecule has 0 atom stereocenters. The predicted octanol–water partition coefficient (Wildman–Crippen LogP) is 4.87. The molecule has 0 fully saturated rings. The fraction of sp³-hybridized carbons (Fsp3) is 0.0952. The molecule has 0 aliphatic heterocycles. The van der Waals surface area contributed by atoms with Gasteiger partial charge in [-0.3, -0.25) is 0 Å². The molecule has 0 aliphatic carbocycles. The van der Waals surface area contributed by atoms with E-state index in [1.54, 1.807) is 42.5 Å². The lowest BCUT2D eigenvalue weighted by molar-refractivity contribution is 0.170. The van der Waals surface area contributed by atoms with Gasteiger partial charge in [-0.1, -0.05) is 0 Å². The largest absolute Gasteiger partial charge is 0.455 e. The van der Waals surface area contributed by atoms with E-state index in [1.807, 2.05) is 19.9 Å². The Morgan fingerprint density at radius 1 is 1.00 bits per heavy atom. The first-order chi connectivity index (χ1) is 13.4. The van der Waals surface area contributed by atoms with Crippen LogP contribution in [0.25, 0.3) is 0 Å². The highest BCUT2D eigenvalue weighted by atomic mass is 79.9. The summed E-state index contributed by atoms with van der Waals surface area (Å²) in [5.41, 5.74) is 3.60. The van der Waals surface area contributed by atoms with Crippen molar-refractivity contribution in [2.24, 2.45) is 4.99 Å². The van der Waals surface area contributed by atoms with Crippen LogP contribution in [0.3, 0.4) is 0 Å². The standard InChI is InChI=1S/C21H15BrN4O2/c1-13-7-16(11-24)8-14(2)21(13)28-19-9-20(26(27)12-18(19)22)25-17-5-3-15(10-23)4-6-17/h3-9,12,27H,1-2H3. The molecule has 0 saturated heterocycles. The second kappa shape index (κ2) is 7.99. The molecule has 3 rings (SSSR count). The van der Waals surface area contributed by atoms with Crippen LogP contribution >= 0.6 is 15.9 Å². The van der Waals surface area contributed by atoms with E-state index in [0.29, 0.717) is 32.8 Å². The number of pyridine rings is 1. The van der Waals surface area contributed by atoms with Crippen LogP contribution < -0.4 is 10.2 Å². The van der Waals surface area contributed by atoms with Gasteiger partial charge in [0.1, 0.15) is 11.5 Å². The van der Waals surface area contributed by atoms with Gasteiger partial charge in [0.2, 0.25) is 0 Å². The SMILES string of the molecule is Cc1cc(C#N)cc(C)c1Oc1cc(=Nc2ccc(C#N)cc2)n(O)cc1Br. The van der Waals surface area contributed by atoms with Gasteiger partial charge >= 0.3 is 0 Å². The van der Waals surface area contributed by atoms with Gasteiger partial charge in [-0.05, 0) is 77.3 Å². The van der Waals surface area contributed by atoms with Gasteiger partial charge in [0.05, 0.1) is 39.6 Å². The maximum atomic E-state index is 10.2. The third kappa shape index (κ3) is 4.06. The molecular formula is C21H15BrN4O2. The highest BCUT2D eigenvalue weighted by Crippen LogP contribution is 2.33. The molecule has 28 heavy (non-hydrogen) atoms. The maximum Gasteiger partial charge on any atom is 0.172 e. The van der Waals surface area contributed by atoms with Gasteiger partial charge in [-0.2, -0.15) is 15.3 Å². The number of aromatic nitrogens is 1. The Morgan fingerprint density at radius 2 is 1.61 bits per heavy atom. The number of halogens is 1. The first-order valence-corrected chi connectivity index (χ1v) is 9.06. The molecule has 0 aliphatic rings. The molecule has 0 amide bonds. The topological polar surface area (TPSA) is 94.3 Å². The quantitative estimate of drug-likeness (QED) is 0.594. The van der Waals surface area contributed by atoms with Crippen LogP contribution in [-0.2, 0) is 0 Å². The molecule has 7 heteroatoms. The molecule has 0 bridgehead atoms. The molecule has 3 aromatic rings. The van der Waals surface area contributed by atoms with E-state index in [0.717, 1.165) is 15.9 Å². The number of hydrogen-bond donors (Lipinski definition) is 1. The summed E-state index contributed by atoms with van der Waals surface area (Å²) in [5.74, 6) is 1.10. The summed E-state index contributed by atoms with van der Waals surface area (Å²) >= 11 is 3.38. The summed E-state index contributed by atoms with van der Waals surface area (Å²) in [6, 6.07) is 16.0. The van der Waals surface area contributed by atoms with Crippen molar-refractivity contribution in [2.75, 3.05) is 0 Å². The highest BCUT2D eigenvalue weighted by Gasteiger charge is 2.11. The highest BCUT2D eigenvalue weighted by molar-refractivity contribution is 9.10. The average Bonchev–Trinajstić information content (AvgIpc) is 2.68. The van der Waals surface area contributed by atoms with Crippen LogP contribution in [0.1, 0.15) is 22.3 Å². The fourth-order valence-electron chi connectivity index (χ4n) is 2.68. The number of ether oxygens (including phenoxy) is 1. The summed E-state index contributed by atoms with van der Waals surface area (Å²) in [6.45, 7) is 3.74. The minimum absolute atomic E-state index is 0.256. The minimum atomic E-state index is 0.256. The monoisotopic (exact) mass is 434 g/mol. The van der Waals surface area contributed by atoms with Crippen LogP contribution in [0.5, 0.6) is 11.5 Å². The van der Waals surface area contributed by atoms with E-state index in [1.165, 1.54) is 6.20 Å². The van der Waals surface area contributed by atoms with Crippen LogP contribution in [0.2, 0.25) is 0 Å². The second-order valence-electron chi connectivity index (χ2n) is 6.11. The zero-order valence-electron chi connectivity index (χ0n) is 15.1. The molecule has 1 N–H and O–H groups in total. The smallest absolute Gasteiger partial charge is 0.172 e. The third-order valence-corrected chi connectivity index (χ3v) is 4.60. The summed E-state index contributed by atoms with van der Waals surface area (Å²) in [4.78, 5) is 4.39. The van der Waals surface area contributed by atoms with Crippen LogP contribution in [0.15, 0.2) is 58.1 Å². The lowest BCUT2D eigenvalue weighted by Gasteiger charge is -2.14. The predicted molar refractivity (Wildman–Crippen MR) is 106 cm³/mol. The molecule has 0 unspecified atom stereocenters. The number of hydrogen-bond acceptors (Lipinski definition) is 5. The van der Waals surface area contributed by atoms with Gasteiger partial charge in [0.15, 0.2) is 5.49 Å². The van der Waals surface area contributed by atoms with Gasteiger partial charge < -0.3 is 9.94 Å². The van der Waals surface area contributed by atoms with Crippen molar-refractivity contribution in [3.63, 3.8) is 0 Å². The van der Waals surface area contributed by atoms with Gasteiger partial charge in [0, 0.05) is 6.07 Å². The van der Waals surface area contributed by atoms with Crippen molar-refractivity contribution in [1.82, 2.24) is 4.73 Å². The normalized spacial score (nSPS) is 11.0. The number of nitrogens with zero attached hydrogens (tertiary/aromatic N) is 4. The Kier molecular flexibility index (Phi) is 5.49. The zero-order chi connectivity index (χ0) is 20.3. The fourth-order valence-corrected chi connectivity index (χ4v) is 3.07. The number of aryl methyl sites for hydroxylation is 2. The van der Waals surface area contributed by atoms with E-state index >= 15 is 0 Å². The van der Waals surface area contributed by atoms with Crippen molar-refractivity contribution < 1.29 is 9.94 Å². The lowest BCUT2D eigenvalue weighted by Crippen LogP contribution is -2.18. The molecule has 0 spiro atoms. The van der Waals surface area contributed by atoms with E-state index in [-0.39, 0.29) is 5.49 Å². The van der Waals surface area contributed by atoms with E-state index in [9.17, 15) is 5.21 Å². The maximum absolute atomic E-state index is 10.2. The van der Waals surface area contributed by atoms with Crippen molar-refractivity contribution in [3.05, 3.63) is 80.9 Å². The van der Waals surface area contributed by atoms with Crippen LogP contribution in [0, 0.1) is 36.5 Å². The second-order valence-corrected chi connectivity index (χ2v) is 6.97. The third-order valence-electron chi connectivity index (χ3n) is 4.01. The lowest BCUT2D eigenvalue weighted by atomic mass is 10.1. The van der Waals surface area contributed by atoms with Crippen LogP contribution in [0.4, 0.5) is 5.69 Å². The summed E-state index contributed by atoms with van der Waals surface area (Å²) in [7, 11) is 0. The Labute approximate surface area is 170 Å². The summed E-state index contributed by atoms with van der Waals surface area (Å²) < 4.78 is 7.48. The Bertz CT molecular complexity index is 1180. The molecule has 138 valence electrons. The van der Waals surface area contributed by atoms with E-state index in [2.05, 4.69) is 27.0 Å². The number of nitriles is 2.